The van der Waals surface area contributed by atoms with Crippen LogP contribution in [0.25, 0.3) is 0 Å². The molecule has 0 amide bonds. The van der Waals surface area contributed by atoms with Crippen molar-refractivity contribution in [1.29, 1.82) is 0 Å². The second kappa shape index (κ2) is 7.33. The molecule has 2 aromatic rings. The van der Waals surface area contributed by atoms with E-state index in [1.807, 2.05) is 12.5 Å². The number of benzene rings is 2. The van der Waals surface area contributed by atoms with Crippen molar-refractivity contribution in [3.63, 3.8) is 0 Å². The molecule has 0 spiro atoms. The van der Waals surface area contributed by atoms with Crippen LogP contribution in [0.15, 0.2) is 51.8 Å². The summed E-state index contributed by atoms with van der Waals surface area (Å²) in [4.78, 5) is 11.6. The van der Waals surface area contributed by atoms with E-state index in [2.05, 4.69) is 15.9 Å². The van der Waals surface area contributed by atoms with E-state index in [0.29, 0.717) is 16.6 Å². The van der Waals surface area contributed by atoms with Gasteiger partial charge in [-0.05, 0) is 42.3 Å². The molecule has 23 heavy (non-hydrogen) atoms. The van der Waals surface area contributed by atoms with Crippen molar-refractivity contribution in [3.8, 4) is 5.75 Å². The van der Waals surface area contributed by atoms with E-state index >= 15 is 0 Å². The molecule has 0 fully saturated rings. The van der Waals surface area contributed by atoms with Crippen LogP contribution < -0.4 is 4.74 Å². The molecule has 0 aliphatic heterocycles. The Morgan fingerprint density at radius 2 is 1.87 bits per heavy atom. The van der Waals surface area contributed by atoms with Gasteiger partial charge in [0, 0.05) is 10.5 Å². The van der Waals surface area contributed by atoms with Crippen molar-refractivity contribution in [2.45, 2.75) is 11.5 Å². The van der Waals surface area contributed by atoms with Crippen molar-refractivity contribution >= 4 is 31.6 Å². The standard InChI is InChI=1S/C16H18BrNO4S/c1-23(2,11-22-14-6-3-12(10-19)4-7-14)16-9-13(17)5-8-15(16)18(20)21/h3-9,19H,10-11H2,1-2H3. The summed E-state index contributed by atoms with van der Waals surface area (Å²) in [6.45, 7) is -0.0126. The Morgan fingerprint density at radius 3 is 2.43 bits per heavy atom. The van der Waals surface area contributed by atoms with Crippen LogP contribution in [0.2, 0.25) is 0 Å². The molecular weight excluding hydrogens is 382 g/mol. The average molecular weight is 400 g/mol. The van der Waals surface area contributed by atoms with E-state index in [0.717, 1.165) is 10.0 Å². The van der Waals surface area contributed by atoms with E-state index in [-0.39, 0.29) is 17.2 Å². The maximum absolute atomic E-state index is 11.3. The second-order valence-corrected chi connectivity index (χ2v) is 10.1. The number of ether oxygens (including phenoxy) is 1. The van der Waals surface area contributed by atoms with Gasteiger partial charge in [-0.25, -0.2) is 0 Å². The quantitative estimate of drug-likeness (QED) is 0.579. The van der Waals surface area contributed by atoms with Crippen LogP contribution in [-0.2, 0) is 6.61 Å². The highest BCUT2D eigenvalue weighted by atomic mass is 79.9. The van der Waals surface area contributed by atoms with Gasteiger partial charge in [-0.1, -0.05) is 28.1 Å². The summed E-state index contributed by atoms with van der Waals surface area (Å²) in [6.07, 6.45) is 3.98. The fourth-order valence-electron chi connectivity index (χ4n) is 2.05. The summed E-state index contributed by atoms with van der Waals surface area (Å²) in [5.74, 6) is 1.06. The molecule has 0 heterocycles. The van der Waals surface area contributed by atoms with Gasteiger partial charge in [0.25, 0.3) is 5.69 Å². The maximum atomic E-state index is 11.3. The van der Waals surface area contributed by atoms with Crippen LogP contribution in [-0.4, -0.2) is 28.5 Å². The Bertz CT molecular complexity index is 704. The molecule has 5 nitrogen and oxygen atoms in total. The number of hydrogen-bond acceptors (Lipinski definition) is 4. The number of hydrogen-bond donors (Lipinski definition) is 1. The Kier molecular flexibility index (Phi) is 5.67. The Morgan fingerprint density at radius 1 is 1.22 bits per heavy atom. The second-order valence-electron chi connectivity index (χ2n) is 5.47. The van der Waals surface area contributed by atoms with E-state index in [9.17, 15) is 10.1 Å². The highest BCUT2D eigenvalue weighted by molar-refractivity contribution is 9.10. The van der Waals surface area contributed by atoms with Crippen molar-refractivity contribution in [3.05, 3.63) is 62.6 Å². The minimum Gasteiger partial charge on any atom is -0.484 e. The smallest absolute Gasteiger partial charge is 0.281 e. The molecule has 0 saturated heterocycles. The fourth-order valence-corrected chi connectivity index (χ4v) is 4.28. The predicted molar refractivity (Wildman–Crippen MR) is 96.4 cm³/mol. The Balaban J connectivity index is 2.20. The molecule has 7 heteroatoms. The number of aliphatic hydroxyl groups is 1. The molecule has 2 aromatic carbocycles. The predicted octanol–water partition coefficient (Wildman–Crippen LogP) is 4.31. The molecule has 0 bridgehead atoms. The summed E-state index contributed by atoms with van der Waals surface area (Å²) in [5, 5.41) is 20.3. The molecule has 0 atom stereocenters. The zero-order valence-corrected chi connectivity index (χ0v) is 15.3. The summed E-state index contributed by atoms with van der Waals surface area (Å²) in [6, 6.07) is 12.1. The fraction of sp³-hybridized carbons (Fsp3) is 0.250. The molecule has 0 aliphatic rings. The number of halogens is 1. The van der Waals surface area contributed by atoms with E-state index < -0.39 is 10.0 Å². The first kappa shape index (κ1) is 17.8. The first-order valence-electron chi connectivity index (χ1n) is 6.81. The number of aliphatic hydroxyl groups excluding tert-OH is 1. The largest absolute Gasteiger partial charge is 0.484 e. The number of nitrogens with zero attached hydrogens (tertiary/aromatic N) is 1. The van der Waals surface area contributed by atoms with Crippen LogP contribution in [0.5, 0.6) is 5.75 Å². The summed E-state index contributed by atoms with van der Waals surface area (Å²) >= 11 is 3.38. The van der Waals surface area contributed by atoms with Crippen molar-refractivity contribution < 1.29 is 14.8 Å². The number of nitro groups is 1. The van der Waals surface area contributed by atoms with Crippen LogP contribution in [0, 0.1) is 10.1 Å². The normalized spacial score (nSPS) is 12.0. The monoisotopic (exact) mass is 399 g/mol. The minimum absolute atomic E-state index is 0.0126. The molecular formula is C16H18BrNO4S. The van der Waals surface area contributed by atoms with Crippen LogP contribution in [0.4, 0.5) is 5.69 Å². The SMILES string of the molecule is CS(C)(COc1ccc(CO)cc1)c1cc(Br)ccc1[N+](=O)[O-]. The zero-order chi connectivity index (χ0) is 17.0. The molecule has 124 valence electrons. The van der Waals surface area contributed by atoms with Gasteiger partial charge >= 0.3 is 0 Å². The third-order valence-electron chi connectivity index (χ3n) is 3.34. The molecule has 2 rings (SSSR count). The zero-order valence-electron chi connectivity index (χ0n) is 12.9. The maximum Gasteiger partial charge on any atom is 0.281 e. The first-order chi connectivity index (χ1) is 10.8. The third-order valence-corrected chi connectivity index (χ3v) is 6.06. The van der Waals surface area contributed by atoms with Crippen LogP contribution in [0.3, 0.4) is 0 Å². The van der Waals surface area contributed by atoms with Gasteiger partial charge in [-0.15, -0.1) is 0 Å². The van der Waals surface area contributed by atoms with E-state index in [1.54, 1.807) is 36.4 Å². The molecule has 0 aromatic heterocycles. The third kappa shape index (κ3) is 4.46. The van der Waals surface area contributed by atoms with Gasteiger partial charge in [0.2, 0.25) is 0 Å². The van der Waals surface area contributed by atoms with E-state index in [1.165, 1.54) is 6.07 Å². The van der Waals surface area contributed by atoms with Crippen molar-refractivity contribution in [2.75, 3.05) is 18.5 Å². The molecule has 0 saturated carbocycles. The average Bonchev–Trinajstić information content (AvgIpc) is 2.53. The van der Waals surface area contributed by atoms with Gasteiger partial charge in [-0.2, -0.15) is 10.0 Å². The summed E-state index contributed by atoms with van der Waals surface area (Å²) < 4.78 is 6.63. The van der Waals surface area contributed by atoms with Gasteiger partial charge in [0.15, 0.2) is 0 Å². The highest BCUT2D eigenvalue weighted by Crippen LogP contribution is 2.53. The van der Waals surface area contributed by atoms with Gasteiger partial charge < -0.3 is 9.84 Å². The number of nitro benzene ring substituents is 1. The van der Waals surface area contributed by atoms with Crippen LogP contribution in [0.1, 0.15) is 5.56 Å². The summed E-state index contributed by atoms with van der Waals surface area (Å²) in [7, 11) is -1.52. The summed E-state index contributed by atoms with van der Waals surface area (Å²) in [5.41, 5.74) is 0.930. The van der Waals surface area contributed by atoms with Gasteiger partial charge in [0.1, 0.15) is 11.7 Å². The topological polar surface area (TPSA) is 72.6 Å². The molecule has 1 N–H and O–H groups in total. The lowest BCUT2D eigenvalue weighted by molar-refractivity contribution is -0.387. The molecule has 0 unspecified atom stereocenters. The van der Waals surface area contributed by atoms with E-state index in [4.69, 9.17) is 9.84 Å². The Labute approximate surface area is 144 Å². The van der Waals surface area contributed by atoms with Crippen molar-refractivity contribution in [1.82, 2.24) is 0 Å². The van der Waals surface area contributed by atoms with Gasteiger partial charge in [0.05, 0.1) is 16.4 Å². The molecule has 0 aliphatic carbocycles. The molecule has 0 radical (unpaired) electrons. The van der Waals surface area contributed by atoms with Crippen LogP contribution >= 0.6 is 26.0 Å². The lowest BCUT2D eigenvalue weighted by atomic mass is 10.2. The van der Waals surface area contributed by atoms with Crippen molar-refractivity contribution in [2.24, 2.45) is 0 Å². The lowest BCUT2D eigenvalue weighted by Crippen LogP contribution is -2.10. The lowest BCUT2D eigenvalue weighted by Gasteiger charge is -2.31. The van der Waals surface area contributed by atoms with Gasteiger partial charge in [-0.3, -0.25) is 10.1 Å². The Hall–Kier alpha value is -1.57. The minimum atomic E-state index is -1.52. The first-order valence-corrected chi connectivity index (χ1v) is 10.2. The number of rotatable bonds is 6. The highest BCUT2D eigenvalue weighted by Gasteiger charge is 2.26.